The van der Waals surface area contributed by atoms with E-state index < -0.39 is 29.7 Å². The Balaban J connectivity index is 1.70. The number of rotatable bonds is 10. The number of esters is 1. The van der Waals surface area contributed by atoms with E-state index in [1.54, 1.807) is 31.2 Å². The van der Waals surface area contributed by atoms with Crippen molar-refractivity contribution in [1.82, 2.24) is 10.6 Å². The number of hydrogen-bond donors (Lipinski definition) is 2. The topological polar surface area (TPSA) is 84.5 Å². The van der Waals surface area contributed by atoms with Crippen molar-refractivity contribution in [1.29, 1.82) is 0 Å². The van der Waals surface area contributed by atoms with Crippen LogP contribution in [0.3, 0.4) is 0 Å². The highest BCUT2D eigenvalue weighted by molar-refractivity contribution is 5.98. The van der Waals surface area contributed by atoms with Crippen molar-refractivity contribution >= 4 is 17.8 Å². The predicted octanol–water partition coefficient (Wildman–Crippen LogP) is 4.54. The highest BCUT2D eigenvalue weighted by atomic mass is 19.1. The van der Waals surface area contributed by atoms with E-state index in [9.17, 15) is 18.8 Å². The summed E-state index contributed by atoms with van der Waals surface area (Å²) in [6.07, 6.45) is 0.565. The van der Waals surface area contributed by atoms with Crippen LogP contribution in [0.2, 0.25) is 0 Å². The maximum atomic E-state index is 13.2. The van der Waals surface area contributed by atoms with Crippen molar-refractivity contribution in [2.24, 2.45) is 5.92 Å². The molecule has 188 valence electrons. The highest BCUT2D eigenvalue weighted by Crippen LogP contribution is 2.19. The fourth-order valence-electron chi connectivity index (χ4n) is 3.94. The summed E-state index contributed by atoms with van der Waals surface area (Å²) in [6, 6.07) is 21.7. The average molecular weight is 491 g/mol. The fraction of sp³-hybridized carbons (Fsp3) is 0.276. The highest BCUT2D eigenvalue weighted by Gasteiger charge is 2.28. The summed E-state index contributed by atoms with van der Waals surface area (Å²) < 4.78 is 18.0. The maximum Gasteiger partial charge on any atom is 0.308 e. The van der Waals surface area contributed by atoms with Crippen molar-refractivity contribution in [2.45, 2.75) is 38.8 Å². The Morgan fingerprint density at radius 3 is 2.06 bits per heavy atom. The van der Waals surface area contributed by atoms with Crippen LogP contribution in [-0.4, -0.2) is 37.0 Å². The van der Waals surface area contributed by atoms with E-state index in [0.717, 1.165) is 16.7 Å². The van der Waals surface area contributed by atoms with Gasteiger partial charge in [-0.2, -0.15) is 0 Å². The van der Waals surface area contributed by atoms with Crippen molar-refractivity contribution in [2.75, 3.05) is 7.11 Å². The van der Waals surface area contributed by atoms with Gasteiger partial charge in [-0.25, -0.2) is 4.39 Å². The second-order valence-electron chi connectivity index (χ2n) is 8.87. The minimum atomic E-state index is -0.948. The van der Waals surface area contributed by atoms with Gasteiger partial charge in [-0.05, 0) is 60.7 Å². The molecule has 2 amide bonds. The van der Waals surface area contributed by atoms with Crippen LogP contribution in [-0.2, 0) is 20.7 Å². The SMILES string of the molecule is COC(=O)[C@@H](C)C[C@H](NC(=O)c1ccc(-c2ccccc2)cc1)C(=O)NC(C)Cc1ccc(F)cc1. The first-order chi connectivity index (χ1) is 17.3. The van der Waals surface area contributed by atoms with Gasteiger partial charge in [0.15, 0.2) is 0 Å². The molecule has 3 rings (SSSR count). The maximum absolute atomic E-state index is 13.2. The summed E-state index contributed by atoms with van der Waals surface area (Å²) >= 11 is 0. The zero-order valence-electron chi connectivity index (χ0n) is 20.7. The van der Waals surface area contributed by atoms with Gasteiger partial charge in [-0.15, -0.1) is 0 Å². The lowest BCUT2D eigenvalue weighted by Crippen LogP contribution is -2.50. The average Bonchev–Trinajstić information content (AvgIpc) is 2.89. The number of benzene rings is 3. The molecule has 7 heteroatoms. The molecule has 0 radical (unpaired) electrons. The first-order valence-corrected chi connectivity index (χ1v) is 11.9. The normalized spacial score (nSPS) is 13.2. The van der Waals surface area contributed by atoms with Gasteiger partial charge in [0, 0.05) is 11.6 Å². The van der Waals surface area contributed by atoms with Crippen molar-refractivity contribution in [3.05, 3.63) is 95.8 Å². The van der Waals surface area contributed by atoms with Gasteiger partial charge in [0.1, 0.15) is 11.9 Å². The van der Waals surface area contributed by atoms with E-state index in [0.29, 0.717) is 12.0 Å². The fourth-order valence-corrected chi connectivity index (χ4v) is 3.94. The molecule has 3 aromatic rings. The minimum Gasteiger partial charge on any atom is -0.469 e. The summed E-state index contributed by atoms with van der Waals surface area (Å²) in [5, 5.41) is 5.66. The van der Waals surface area contributed by atoms with Gasteiger partial charge in [-0.3, -0.25) is 14.4 Å². The van der Waals surface area contributed by atoms with Crippen LogP contribution in [0, 0.1) is 11.7 Å². The van der Waals surface area contributed by atoms with E-state index in [-0.39, 0.29) is 18.3 Å². The van der Waals surface area contributed by atoms with Crippen LogP contribution in [0.5, 0.6) is 0 Å². The number of halogens is 1. The third-order valence-electron chi connectivity index (χ3n) is 5.91. The van der Waals surface area contributed by atoms with Crippen LogP contribution in [0.1, 0.15) is 36.2 Å². The summed E-state index contributed by atoms with van der Waals surface area (Å²) in [4.78, 5) is 38.1. The van der Waals surface area contributed by atoms with E-state index in [1.165, 1.54) is 19.2 Å². The van der Waals surface area contributed by atoms with Gasteiger partial charge in [0.05, 0.1) is 13.0 Å². The molecule has 0 aliphatic rings. The molecule has 0 aliphatic carbocycles. The van der Waals surface area contributed by atoms with Crippen molar-refractivity contribution < 1.29 is 23.5 Å². The van der Waals surface area contributed by atoms with E-state index in [4.69, 9.17) is 4.74 Å². The van der Waals surface area contributed by atoms with Crippen LogP contribution in [0.15, 0.2) is 78.9 Å². The lowest BCUT2D eigenvalue weighted by Gasteiger charge is -2.23. The zero-order valence-corrected chi connectivity index (χ0v) is 20.7. The lowest BCUT2D eigenvalue weighted by molar-refractivity contribution is -0.145. The first-order valence-electron chi connectivity index (χ1n) is 11.9. The molecule has 0 fully saturated rings. The molecule has 3 atom stereocenters. The van der Waals surface area contributed by atoms with Gasteiger partial charge in [-0.1, -0.05) is 61.5 Å². The van der Waals surface area contributed by atoms with Crippen molar-refractivity contribution in [3.63, 3.8) is 0 Å². The van der Waals surface area contributed by atoms with E-state index >= 15 is 0 Å². The molecule has 0 aromatic heterocycles. The molecule has 0 bridgehead atoms. The second kappa shape index (κ2) is 12.6. The van der Waals surface area contributed by atoms with Crippen LogP contribution in [0.25, 0.3) is 11.1 Å². The first kappa shape index (κ1) is 26.6. The molecule has 0 spiro atoms. The number of ether oxygens (including phenoxy) is 1. The smallest absolute Gasteiger partial charge is 0.308 e. The summed E-state index contributed by atoms with van der Waals surface area (Å²) in [5.41, 5.74) is 3.27. The molecular formula is C29H31FN2O4. The summed E-state index contributed by atoms with van der Waals surface area (Å²) in [7, 11) is 1.28. The van der Waals surface area contributed by atoms with Gasteiger partial charge in [0.2, 0.25) is 5.91 Å². The van der Waals surface area contributed by atoms with Crippen LogP contribution in [0.4, 0.5) is 4.39 Å². The zero-order chi connectivity index (χ0) is 26.1. The molecule has 3 aromatic carbocycles. The second-order valence-corrected chi connectivity index (χ2v) is 8.87. The molecule has 1 unspecified atom stereocenters. The van der Waals surface area contributed by atoms with Crippen LogP contribution >= 0.6 is 0 Å². The minimum absolute atomic E-state index is 0.0790. The molecule has 6 nitrogen and oxygen atoms in total. The Kier molecular flexibility index (Phi) is 9.33. The number of methoxy groups -OCH3 is 1. The molecule has 0 saturated heterocycles. The Bertz CT molecular complexity index is 1160. The van der Waals surface area contributed by atoms with Gasteiger partial charge >= 0.3 is 5.97 Å². The monoisotopic (exact) mass is 490 g/mol. The third-order valence-corrected chi connectivity index (χ3v) is 5.91. The van der Waals surface area contributed by atoms with Gasteiger partial charge in [0.25, 0.3) is 5.91 Å². The number of carbonyl (C=O) groups excluding carboxylic acids is 3. The number of hydrogen-bond acceptors (Lipinski definition) is 4. The molecule has 0 saturated carbocycles. The molecule has 0 heterocycles. The van der Waals surface area contributed by atoms with E-state index in [1.807, 2.05) is 49.4 Å². The Hall–Kier alpha value is -4.00. The summed E-state index contributed by atoms with van der Waals surface area (Å²) in [6.45, 7) is 3.47. The number of amides is 2. The molecule has 36 heavy (non-hydrogen) atoms. The quantitative estimate of drug-likeness (QED) is 0.409. The predicted molar refractivity (Wildman–Crippen MR) is 137 cm³/mol. The third kappa shape index (κ3) is 7.50. The molecular weight excluding hydrogens is 459 g/mol. The van der Waals surface area contributed by atoms with Crippen LogP contribution < -0.4 is 10.6 Å². The van der Waals surface area contributed by atoms with E-state index in [2.05, 4.69) is 10.6 Å². The number of nitrogens with one attached hydrogen (secondary N) is 2. The Morgan fingerprint density at radius 1 is 0.833 bits per heavy atom. The number of carbonyl (C=O) groups is 3. The molecule has 0 aliphatic heterocycles. The Morgan fingerprint density at radius 2 is 1.44 bits per heavy atom. The van der Waals surface area contributed by atoms with Crippen molar-refractivity contribution in [3.8, 4) is 11.1 Å². The summed E-state index contributed by atoms with van der Waals surface area (Å²) in [5.74, 6) is -2.22. The van der Waals surface area contributed by atoms with Gasteiger partial charge < -0.3 is 15.4 Å². The lowest BCUT2D eigenvalue weighted by atomic mass is 9.99. The Labute approximate surface area is 210 Å². The standard InChI is InChI=1S/C29H31FN2O4/c1-19(29(35)36-3)17-26(28(34)31-20(2)18-21-9-15-25(30)16-10-21)32-27(33)24-13-11-23(12-14-24)22-7-5-4-6-8-22/h4-16,19-20,26H,17-18H2,1-3H3,(H,31,34)(H,32,33)/t19-,20?,26-/m0/s1. The molecule has 2 N–H and O–H groups in total. The largest absolute Gasteiger partial charge is 0.469 e.